The van der Waals surface area contributed by atoms with Crippen LogP contribution in [0.5, 0.6) is 11.5 Å². The highest BCUT2D eigenvalue weighted by atomic mass is 16.3. The van der Waals surface area contributed by atoms with Gasteiger partial charge in [0, 0.05) is 11.1 Å². The predicted octanol–water partition coefficient (Wildman–Crippen LogP) is 3.76. The molecule has 1 aromatic rings. The summed E-state index contributed by atoms with van der Waals surface area (Å²) in [5.41, 5.74) is 2.49. The number of phenolic OH excluding ortho intramolecular Hbond substituents is 2. The molecule has 0 amide bonds. The minimum absolute atomic E-state index is 0.00333. The van der Waals surface area contributed by atoms with E-state index < -0.39 is 0 Å². The highest BCUT2D eigenvalue weighted by Crippen LogP contribution is 2.33. The van der Waals surface area contributed by atoms with Gasteiger partial charge in [0.2, 0.25) is 0 Å². The van der Waals surface area contributed by atoms with Crippen molar-refractivity contribution in [2.45, 2.75) is 46.5 Å². The Morgan fingerprint density at radius 3 is 2.53 bits per heavy atom. The lowest BCUT2D eigenvalue weighted by Gasteiger charge is -2.12. The Kier molecular flexibility index (Phi) is 5.61. The fraction of sp³-hybridized carbons (Fsp3) is 0.438. The molecule has 0 aliphatic carbocycles. The van der Waals surface area contributed by atoms with E-state index in [4.69, 9.17) is 0 Å². The van der Waals surface area contributed by atoms with Gasteiger partial charge in [-0.25, -0.2) is 0 Å². The normalized spacial score (nSPS) is 10.3. The minimum atomic E-state index is -0.00333. The highest BCUT2D eigenvalue weighted by molar-refractivity contribution is 5.84. The molecule has 1 aromatic carbocycles. The molecule has 0 spiro atoms. The van der Waals surface area contributed by atoms with Crippen molar-refractivity contribution in [1.82, 2.24) is 0 Å². The first-order chi connectivity index (χ1) is 9.01. The Balaban J connectivity index is 3.21. The van der Waals surface area contributed by atoms with Crippen LogP contribution in [-0.4, -0.2) is 16.5 Å². The third-order valence-electron chi connectivity index (χ3n) is 3.13. The molecule has 0 aliphatic heterocycles. The van der Waals surface area contributed by atoms with Crippen LogP contribution in [0.1, 0.15) is 55.1 Å². The predicted molar refractivity (Wildman–Crippen MR) is 76.9 cm³/mol. The molecule has 104 valence electrons. The van der Waals surface area contributed by atoms with Crippen molar-refractivity contribution in [2.24, 2.45) is 0 Å². The molecule has 3 nitrogen and oxygen atoms in total. The Morgan fingerprint density at radius 2 is 2.00 bits per heavy atom. The number of aromatic hydroxyl groups is 2. The molecular weight excluding hydrogens is 240 g/mol. The number of hydrogen-bond acceptors (Lipinski definition) is 3. The number of unbranched alkanes of at least 4 members (excludes halogenated alkanes) is 1. The Labute approximate surface area is 114 Å². The number of aldehydes is 1. The second-order valence-corrected chi connectivity index (χ2v) is 5.00. The van der Waals surface area contributed by atoms with Crippen LogP contribution in [0, 0.1) is 0 Å². The van der Waals surface area contributed by atoms with E-state index in [1.165, 1.54) is 0 Å². The maximum atomic E-state index is 11.2. The van der Waals surface area contributed by atoms with E-state index in [1.807, 2.05) is 26.8 Å². The number of allylic oxidation sites excluding steroid dienone is 2. The number of carbonyl (C=O) groups is 1. The van der Waals surface area contributed by atoms with Crippen LogP contribution >= 0.6 is 0 Å². The van der Waals surface area contributed by atoms with Gasteiger partial charge in [-0.05, 0) is 39.2 Å². The Bertz CT molecular complexity index is 483. The molecule has 0 saturated carbocycles. The summed E-state index contributed by atoms with van der Waals surface area (Å²) in [5.74, 6) is 0.0990. The van der Waals surface area contributed by atoms with E-state index in [1.54, 1.807) is 6.07 Å². The first kappa shape index (κ1) is 15.3. The van der Waals surface area contributed by atoms with Crippen LogP contribution in [0.25, 0.3) is 0 Å². The second-order valence-electron chi connectivity index (χ2n) is 5.00. The van der Waals surface area contributed by atoms with Crippen molar-refractivity contribution in [3.05, 3.63) is 34.4 Å². The molecular formula is C16H22O3. The average Bonchev–Trinajstić information content (AvgIpc) is 2.37. The summed E-state index contributed by atoms with van der Waals surface area (Å²) in [6, 6.07) is 1.56. The number of rotatable bonds is 6. The summed E-state index contributed by atoms with van der Waals surface area (Å²) in [6.07, 6.45) is 5.55. The lowest BCUT2D eigenvalue weighted by molar-refractivity contribution is 0.111. The molecule has 0 aromatic heterocycles. The zero-order valence-electron chi connectivity index (χ0n) is 11.9. The first-order valence-electron chi connectivity index (χ1n) is 6.66. The summed E-state index contributed by atoms with van der Waals surface area (Å²) in [7, 11) is 0. The van der Waals surface area contributed by atoms with Gasteiger partial charge in [-0.1, -0.05) is 25.0 Å². The van der Waals surface area contributed by atoms with E-state index in [9.17, 15) is 15.0 Å². The molecule has 0 saturated heterocycles. The minimum Gasteiger partial charge on any atom is -0.508 e. The third kappa shape index (κ3) is 3.85. The smallest absolute Gasteiger partial charge is 0.154 e. The summed E-state index contributed by atoms with van der Waals surface area (Å²) in [5, 5.41) is 20.2. The van der Waals surface area contributed by atoms with Gasteiger partial charge in [0.15, 0.2) is 6.29 Å². The summed E-state index contributed by atoms with van der Waals surface area (Å²) < 4.78 is 0. The Morgan fingerprint density at radius 1 is 1.32 bits per heavy atom. The molecule has 0 atom stereocenters. The zero-order valence-corrected chi connectivity index (χ0v) is 11.9. The molecule has 2 N–H and O–H groups in total. The van der Waals surface area contributed by atoms with Gasteiger partial charge in [0.25, 0.3) is 0 Å². The number of carbonyl (C=O) groups excluding carboxylic acids is 1. The zero-order chi connectivity index (χ0) is 14.4. The van der Waals surface area contributed by atoms with Crippen LogP contribution in [-0.2, 0) is 12.8 Å². The summed E-state index contributed by atoms with van der Waals surface area (Å²) in [4.78, 5) is 11.2. The molecule has 1 rings (SSSR count). The molecule has 0 radical (unpaired) electrons. The monoisotopic (exact) mass is 262 g/mol. The molecule has 0 unspecified atom stereocenters. The van der Waals surface area contributed by atoms with Crippen molar-refractivity contribution < 1.29 is 15.0 Å². The fourth-order valence-corrected chi connectivity index (χ4v) is 1.99. The van der Waals surface area contributed by atoms with Crippen LogP contribution < -0.4 is 0 Å². The van der Waals surface area contributed by atoms with Crippen LogP contribution in [0.3, 0.4) is 0 Å². The van der Waals surface area contributed by atoms with Gasteiger partial charge in [0.05, 0.1) is 5.56 Å². The maximum Gasteiger partial charge on any atom is 0.154 e. The van der Waals surface area contributed by atoms with E-state index in [0.717, 1.165) is 18.4 Å². The van der Waals surface area contributed by atoms with Crippen molar-refractivity contribution in [3.63, 3.8) is 0 Å². The van der Waals surface area contributed by atoms with E-state index >= 15 is 0 Å². The lowest BCUT2D eigenvalue weighted by Crippen LogP contribution is -1.98. The third-order valence-corrected chi connectivity index (χ3v) is 3.13. The maximum absolute atomic E-state index is 11.2. The molecule has 0 bridgehead atoms. The second kappa shape index (κ2) is 6.98. The standard InChI is InChI=1S/C16H22O3/c1-4-5-6-13-14(10-17)16(19)12(9-15(13)18)8-7-11(2)3/h7,9-10,18-19H,4-6,8H2,1-3H3. The van der Waals surface area contributed by atoms with Gasteiger partial charge in [-0.2, -0.15) is 0 Å². The van der Waals surface area contributed by atoms with Crippen LogP contribution in [0.2, 0.25) is 0 Å². The topological polar surface area (TPSA) is 57.5 Å². The SMILES string of the molecule is CCCCc1c(O)cc(CC=C(C)C)c(O)c1C=O. The van der Waals surface area contributed by atoms with E-state index in [-0.39, 0.29) is 17.1 Å². The molecule has 19 heavy (non-hydrogen) atoms. The quantitative estimate of drug-likeness (QED) is 0.466. The van der Waals surface area contributed by atoms with Gasteiger partial charge in [0.1, 0.15) is 11.5 Å². The van der Waals surface area contributed by atoms with Crippen LogP contribution in [0.4, 0.5) is 0 Å². The molecule has 3 heteroatoms. The van der Waals surface area contributed by atoms with Gasteiger partial charge < -0.3 is 10.2 Å². The lowest BCUT2D eigenvalue weighted by atomic mass is 9.96. The van der Waals surface area contributed by atoms with Crippen molar-refractivity contribution >= 4 is 6.29 Å². The first-order valence-corrected chi connectivity index (χ1v) is 6.66. The largest absolute Gasteiger partial charge is 0.508 e. The Hall–Kier alpha value is -1.77. The number of phenols is 2. The van der Waals surface area contributed by atoms with E-state index in [2.05, 4.69) is 0 Å². The van der Waals surface area contributed by atoms with Crippen molar-refractivity contribution in [2.75, 3.05) is 0 Å². The van der Waals surface area contributed by atoms with Gasteiger partial charge >= 0.3 is 0 Å². The van der Waals surface area contributed by atoms with E-state index in [0.29, 0.717) is 30.3 Å². The fourth-order valence-electron chi connectivity index (χ4n) is 1.99. The molecule has 0 fully saturated rings. The molecule has 0 aliphatic rings. The van der Waals surface area contributed by atoms with Crippen LogP contribution in [0.15, 0.2) is 17.7 Å². The highest BCUT2D eigenvalue weighted by Gasteiger charge is 2.16. The van der Waals surface area contributed by atoms with Gasteiger partial charge in [-0.3, -0.25) is 4.79 Å². The van der Waals surface area contributed by atoms with Crippen molar-refractivity contribution in [1.29, 1.82) is 0 Å². The number of hydrogen-bond donors (Lipinski definition) is 2. The summed E-state index contributed by atoms with van der Waals surface area (Å²) >= 11 is 0. The number of benzene rings is 1. The average molecular weight is 262 g/mol. The van der Waals surface area contributed by atoms with Gasteiger partial charge in [-0.15, -0.1) is 0 Å². The molecule has 0 heterocycles. The van der Waals surface area contributed by atoms with Crippen molar-refractivity contribution in [3.8, 4) is 11.5 Å². The summed E-state index contributed by atoms with van der Waals surface area (Å²) in [6.45, 7) is 5.97.